The molecule has 0 aliphatic rings. The van der Waals surface area contributed by atoms with Gasteiger partial charge in [0, 0.05) is 12.1 Å². The predicted molar refractivity (Wildman–Crippen MR) is 110 cm³/mol. The zero-order valence-electron chi connectivity index (χ0n) is 16.8. The molecule has 0 saturated carbocycles. The van der Waals surface area contributed by atoms with Crippen LogP contribution in [0.2, 0.25) is 5.02 Å². The Labute approximate surface area is 174 Å². The van der Waals surface area contributed by atoms with E-state index in [4.69, 9.17) is 30.5 Å². The Kier molecular flexibility index (Phi) is 8.15. The lowest BCUT2D eigenvalue weighted by atomic mass is 10.0. The lowest BCUT2D eigenvalue weighted by molar-refractivity contribution is -0.149. The van der Waals surface area contributed by atoms with Crippen molar-refractivity contribution in [3.8, 4) is 17.2 Å². The number of ether oxygens (including phenoxy) is 4. The highest BCUT2D eigenvalue weighted by Crippen LogP contribution is 2.35. The predicted octanol–water partition coefficient (Wildman–Crippen LogP) is 4.04. The number of methoxy groups -OCH3 is 2. The lowest BCUT2D eigenvalue weighted by Gasteiger charge is -2.13. The first kappa shape index (κ1) is 22.4. The van der Waals surface area contributed by atoms with Crippen LogP contribution >= 0.6 is 11.6 Å². The van der Waals surface area contributed by atoms with Gasteiger partial charge >= 0.3 is 5.97 Å². The summed E-state index contributed by atoms with van der Waals surface area (Å²) in [6, 6.07) is 10.5. The standard InChI is InChI=1S/C21H24ClNO6/c1-13(2)14-5-7-15(8-6-14)28-12-21(25)29-11-20(24)23-17-10-18(26-3)16(22)9-19(17)27-4/h5-10,13H,11-12H2,1-4H3,(H,23,24). The third-order valence-corrected chi connectivity index (χ3v) is 4.31. The second kappa shape index (κ2) is 10.6. The maximum absolute atomic E-state index is 12.1. The Morgan fingerprint density at radius 3 is 2.24 bits per heavy atom. The number of carbonyl (C=O) groups is 2. The molecule has 2 aromatic carbocycles. The summed E-state index contributed by atoms with van der Waals surface area (Å²) in [6.45, 7) is 3.41. The molecule has 0 aliphatic heterocycles. The fourth-order valence-corrected chi connectivity index (χ4v) is 2.65. The van der Waals surface area contributed by atoms with E-state index in [1.165, 1.54) is 31.9 Å². The van der Waals surface area contributed by atoms with Crippen LogP contribution in [0.1, 0.15) is 25.3 Å². The fourth-order valence-electron chi connectivity index (χ4n) is 2.42. The monoisotopic (exact) mass is 421 g/mol. The average Bonchev–Trinajstić information content (AvgIpc) is 2.71. The number of halogens is 1. The first-order valence-corrected chi connectivity index (χ1v) is 9.31. The summed E-state index contributed by atoms with van der Waals surface area (Å²) >= 11 is 6.03. The summed E-state index contributed by atoms with van der Waals surface area (Å²) in [6.07, 6.45) is 0. The van der Waals surface area contributed by atoms with Crippen molar-refractivity contribution in [2.75, 3.05) is 32.8 Å². The minimum atomic E-state index is -0.659. The number of nitrogens with one attached hydrogen (secondary N) is 1. The number of rotatable bonds is 9. The van der Waals surface area contributed by atoms with Gasteiger partial charge in [0.25, 0.3) is 5.91 Å². The molecule has 29 heavy (non-hydrogen) atoms. The van der Waals surface area contributed by atoms with Gasteiger partial charge in [0.15, 0.2) is 13.2 Å². The largest absolute Gasteiger partial charge is 0.495 e. The summed E-state index contributed by atoms with van der Waals surface area (Å²) in [5, 5.41) is 2.93. The number of hydrogen-bond donors (Lipinski definition) is 1. The molecule has 8 heteroatoms. The Morgan fingerprint density at radius 1 is 1.00 bits per heavy atom. The number of esters is 1. The van der Waals surface area contributed by atoms with E-state index >= 15 is 0 Å². The average molecular weight is 422 g/mol. The second-order valence-electron chi connectivity index (χ2n) is 6.41. The number of benzene rings is 2. The van der Waals surface area contributed by atoms with Gasteiger partial charge in [-0.2, -0.15) is 0 Å². The van der Waals surface area contributed by atoms with Gasteiger partial charge in [-0.15, -0.1) is 0 Å². The molecule has 0 heterocycles. The van der Waals surface area contributed by atoms with E-state index in [9.17, 15) is 9.59 Å². The van der Waals surface area contributed by atoms with E-state index in [1.807, 2.05) is 12.1 Å². The molecule has 0 atom stereocenters. The van der Waals surface area contributed by atoms with Gasteiger partial charge in [-0.25, -0.2) is 4.79 Å². The van der Waals surface area contributed by atoms with Gasteiger partial charge in [0.1, 0.15) is 17.2 Å². The first-order chi connectivity index (χ1) is 13.8. The van der Waals surface area contributed by atoms with E-state index in [0.717, 1.165) is 0 Å². The summed E-state index contributed by atoms with van der Waals surface area (Å²) in [5.41, 5.74) is 1.52. The number of carbonyl (C=O) groups excluding carboxylic acids is 2. The molecule has 0 unspecified atom stereocenters. The van der Waals surface area contributed by atoms with Gasteiger partial charge in [0.2, 0.25) is 0 Å². The topological polar surface area (TPSA) is 83.1 Å². The van der Waals surface area contributed by atoms with Gasteiger partial charge in [-0.3, -0.25) is 4.79 Å². The maximum Gasteiger partial charge on any atom is 0.344 e. The third kappa shape index (κ3) is 6.57. The van der Waals surface area contributed by atoms with E-state index in [0.29, 0.717) is 33.9 Å². The van der Waals surface area contributed by atoms with Crippen LogP contribution in [0.5, 0.6) is 17.2 Å². The zero-order valence-corrected chi connectivity index (χ0v) is 17.5. The van der Waals surface area contributed by atoms with E-state index in [2.05, 4.69) is 19.2 Å². The van der Waals surface area contributed by atoms with Crippen molar-refractivity contribution in [2.45, 2.75) is 19.8 Å². The van der Waals surface area contributed by atoms with Crippen molar-refractivity contribution >= 4 is 29.2 Å². The van der Waals surface area contributed by atoms with Crippen LogP contribution < -0.4 is 19.5 Å². The molecule has 0 aliphatic carbocycles. The lowest BCUT2D eigenvalue weighted by Crippen LogP contribution is -2.23. The summed E-state index contributed by atoms with van der Waals surface area (Å²) in [7, 11) is 2.90. The highest BCUT2D eigenvalue weighted by atomic mass is 35.5. The molecule has 0 fully saturated rings. The highest BCUT2D eigenvalue weighted by molar-refractivity contribution is 6.32. The molecule has 0 spiro atoms. The Bertz CT molecular complexity index is 851. The van der Waals surface area contributed by atoms with Crippen LogP contribution in [-0.2, 0) is 14.3 Å². The van der Waals surface area contributed by atoms with Crippen LogP contribution in [0.25, 0.3) is 0 Å². The molecule has 0 saturated heterocycles. The number of amides is 1. The molecule has 156 valence electrons. The normalized spacial score (nSPS) is 10.4. The van der Waals surface area contributed by atoms with Gasteiger partial charge in [-0.05, 0) is 23.6 Å². The maximum atomic E-state index is 12.1. The van der Waals surface area contributed by atoms with E-state index in [-0.39, 0.29) is 6.61 Å². The van der Waals surface area contributed by atoms with Gasteiger partial charge in [-0.1, -0.05) is 37.6 Å². The van der Waals surface area contributed by atoms with Crippen molar-refractivity contribution in [1.29, 1.82) is 0 Å². The second-order valence-corrected chi connectivity index (χ2v) is 6.82. The zero-order chi connectivity index (χ0) is 21.4. The van der Waals surface area contributed by atoms with Crippen LogP contribution in [0.3, 0.4) is 0 Å². The molecule has 1 N–H and O–H groups in total. The van der Waals surface area contributed by atoms with Crippen molar-refractivity contribution in [3.05, 3.63) is 47.0 Å². The van der Waals surface area contributed by atoms with Crippen molar-refractivity contribution in [2.24, 2.45) is 0 Å². The van der Waals surface area contributed by atoms with Crippen LogP contribution in [0, 0.1) is 0 Å². The Hall–Kier alpha value is -2.93. The number of anilines is 1. The van der Waals surface area contributed by atoms with Crippen LogP contribution in [0.4, 0.5) is 5.69 Å². The number of hydrogen-bond acceptors (Lipinski definition) is 6. The molecular formula is C21H24ClNO6. The molecule has 0 aromatic heterocycles. The molecule has 0 radical (unpaired) electrons. The van der Waals surface area contributed by atoms with Crippen molar-refractivity contribution < 1.29 is 28.5 Å². The SMILES string of the molecule is COc1cc(NC(=O)COC(=O)COc2ccc(C(C)C)cc2)c(OC)cc1Cl. The molecular weight excluding hydrogens is 398 g/mol. The smallest absolute Gasteiger partial charge is 0.344 e. The van der Waals surface area contributed by atoms with Gasteiger partial charge in [0.05, 0.1) is 24.9 Å². The van der Waals surface area contributed by atoms with Crippen LogP contribution in [0.15, 0.2) is 36.4 Å². The van der Waals surface area contributed by atoms with Crippen molar-refractivity contribution in [1.82, 2.24) is 0 Å². The van der Waals surface area contributed by atoms with Gasteiger partial charge < -0.3 is 24.3 Å². The molecule has 0 bridgehead atoms. The van der Waals surface area contributed by atoms with E-state index in [1.54, 1.807) is 12.1 Å². The highest BCUT2D eigenvalue weighted by Gasteiger charge is 2.14. The van der Waals surface area contributed by atoms with Crippen molar-refractivity contribution in [3.63, 3.8) is 0 Å². The molecule has 7 nitrogen and oxygen atoms in total. The first-order valence-electron chi connectivity index (χ1n) is 8.93. The third-order valence-electron chi connectivity index (χ3n) is 4.02. The summed E-state index contributed by atoms with van der Waals surface area (Å²) < 4.78 is 20.6. The van der Waals surface area contributed by atoms with Crippen LogP contribution in [-0.4, -0.2) is 39.3 Å². The molecule has 2 aromatic rings. The minimum Gasteiger partial charge on any atom is -0.495 e. The molecule has 1 amide bonds. The summed E-state index contributed by atoms with van der Waals surface area (Å²) in [5.74, 6) is 0.483. The minimum absolute atomic E-state index is 0.299. The summed E-state index contributed by atoms with van der Waals surface area (Å²) in [4.78, 5) is 23.9. The fraction of sp³-hybridized carbons (Fsp3) is 0.333. The Morgan fingerprint density at radius 2 is 1.66 bits per heavy atom. The molecule has 2 rings (SSSR count). The quantitative estimate of drug-likeness (QED) is 0.615. The van der Waals surface area contributed by atoms with E-state index < -0.39 is 18.5 Å². The Balaban J connectivity index is 1.83.